The highest BCUT2D eigenvalue weighted by Gasteiger charge is 2.12. The lowest BCUT2D eigenvalue weighted by Gasteiger charge is -2.15. The number of benzene rings is 3. The third-order valence-corrected chi connectivity index (χ3v) is 4.06. The number of carbonyl (C=O) groups is 1. The Bertz CT molecular complexity index is 960. The zero-order valence-electron chi connectivity index (χ0n) is 15.3. The number of halogens is 1. The third kappa shape index (κ3) is 5.01. The van der Waals surface area contributed by atoms with Crippen LogP contribution in [0.4, 0.5) is 14.9 Å². The molecule has 3 rings (SSSR count). The Morgan fingerprint density at radius 2 is 1.71 bits per heavy atom. The Labute approximate surface area is 162 Å². The van der Waals surface area contributed by atoms with Crippen molar-refractivity contribution in [2.45, 2.75) is 20.0 Å². The molecule has 0 radical (unpaired) electrons. The summed E-state index contributed by atoms with van der Waals surface area (Å²) in [7, 11) is 0. The Morgan fingerprint density at radius 3 is 2.39 bits per heavy atom. The second kappa shape index (κ2) is 8.90. The van der Waals surface area contributed by atoms with Crippen molar-refractivity contribution in [3.05, 3.63) is 83.7 Å². The van der Waals surface area contributed by atoms with Gasteiger partial charge in [-0.1, -0.05) is 43.3 Å². The zero-order valence-corrected chi connectivity index (χ0v) is 15.3. The maximum atomic E-state index is 14.3. The van der Waals surface area contributed by atoms with Crippen molar-refractivity contribution in [2.24, 2.45) is 0 Å². The fourth-order valence-corrected chi connectivity index (χ4v) is 2.61. The van der Waals surface area contributed by atoms with E-state index >= 15 is 0 Å². The van der Waals surface area contributed by atoms with E-state index in [0.717, 1.165) is 23.6 Å². The maximum Gasteiger partial charge on any atom is 0.409 e. The first kappa shape index (κ1) is 19.2. The molecule has 1 amide bonds. The van der Waals surface area contributed by atoms with Gasteiger partial charge >= 0.3 is 6.09 Å². The lowest BCUT2D eigenvalue weighted by molar-refractivity contribution is 0.209. The molecule has 0 fully saturated rings. The highest BCUT2D eigenvalue weighted by atomic mass is 19.1. The number of hydrogen-bond acceptors (Lipinski definition) is 3. The summed E-state index contributed by atoms with van der Waals surface area (Å²) in [5.74, 6) is 0.186. The highest BCUT2D eigenvalue weighted by Crippen LogP contribution is 2.35. The summed E-state index contributed by atoms with van der Waals surface area (Å²) in [5, 5.41) is 10.8. The molecule has 0 aliphatic rings. The SMILES string of the molecule is CCc1ccc(Oc2ccc(NC(=O)O)cc2F)c(OCc2ccccc2)c1. The first-order valence-electron chi connectivity index (χ1n) is 8.82. The fourth-order valence-electron chi connectivity index (χ4n) is 2.61. The number of hydrogen-bond donors (Lipinski definition) is 2. The van der Waals surface area contributed by atoms with Gasteiger partial charge in [0.2, 0.25) is 0 Å². The fraction of sp³-hybridized carbons (Fsp3) is 0.136. The van der Waals surface area contributed by atoms with Crippen LogP contribution in [0.3, 0.4) is 0 Å². The molecule has 0 saturated carbocycles. The minimum atomic E-state index is -1.26. The van der Waals surface area contributed by atoms with E-state index in [4.69, 9.17) is 14.6 Å². The lowest BCUT2D eigenvalue weighted by Crippen LogP contribution is -2.07. The first-order chi connectivity index (χ1) is 13.5. The van der Waals surface area contributed by atoms with E-state index in [1.54, 1.807) is 6.07 Å². The Hall–Kier alpha value is -3.54. The minimum absolute atomic E-state index is 0.0234. The Balaban J connectivity index is 1.82. The topological polar surface area (TPSA) is 67.8 Å². The number of ether oxygens (including phenoxy) is 2. The van der Waals surface area contributed by atoms with E-state index in [0.29, 0.717) is 18.1 Å². The summed E-state index contributed by atoms with van der Waals surface area (Å²) < 4.78 is 25.9. The molecule has 28 heavy (non-hydrogen) atoms. The molecule has 0 saturated heterocycles. The predicted molar refractivity (Wildman–Crippen MR) is 105 cm³/mol. The second-order valence-electron chi connectivity index (χ2n) is 6.09. The summed E-state index contributed by atoms with van der Waals surface area (Å²) in [6.07, 6.45) is -0.439. The number of amides is 1. The molecule has 0 unspecified atom stereocenters. The number of rotatable bonds is 7. The van der Waals surface area contributed by atoms with E-state index in [2.05, 4.69) is 5.32 Å². The molecular weight excluding hydrogens is 361 g/mol. The Morgan fingerprint density at radius 1 is 0.964 bits per heavy atom. The second-order valence-corrected chi connectivity index (χ2v) is 6.09. The standard InChI is InChI=1S/C22H20FNO4/c1-2-15-8-10-20(21(12-15)27-14-16-6-4-3-5-7-16)28-19-11-9-17(13-18(19)23)24-22(25)26/h3-13,24H,2,14H2,1H3,(H,25,26). The summed E-state index contributed by atoms with van der Waals surface area (Å²) >= 11 is 0. The van der Waals surface area contributed by atoms with Gasteiger partial charge in [0.05, 0.1) is 0 Å². The molecule has 0 aliphatic carbocycles. The largest absolute Gasteiger partial charge is 0.485 e. The van der Waals surface area contributed by atoms with Crippen LogP contribution in [0.25, 0.3) is 0 Å². The van der Waals surface area contributed by atoms with Crippen LogP contribution in [0.15, 0.2) is 66.7 Å². The van der Waals surface area contributed by atoms with Crippen molar-refractivity contribution < 1.29 is 23.8 Å². The molecule has 6 heteroatoms. The van der Waals surface area contributed by atoms with Crippen LogP contribution >= 0.6 is 0 Å². The third-order valence-electron chi connectivity index (χ3n) is 4.06. The van der Waals surface area contributed by atoms with Gasteiger partial charge in [-0.3, -0.25) is 5.32 Å². The zero-order chi connectivity index (χ0) is 19.9. The molecule has 3 aromatic rings. The van der Waals surface area contributed by atoms with Gasteiger partial charge in [0.15, 0.2) is 23.1 Å². The molecule has 144 valence electrons. The summed E-state index contributed by atoms with van der Waals surface area (Å²) in [6.45, 7) is 2.39. The van der Waals surface area contributed by atoms with Gasteiger partial charge in [0.1, 0.15) is 6.61 Å². The summed E-state index contributed by atoms with van der Waals surface area (Å²) in [6, 6.07) is 19.1. The smallest absolute Gasteiger partial charge is 0.409 e. The number of anilines is 1. The van der Waals surface area contributed by atoms with Crippen LogP contribution in [0.5, 0.6) is 17.2 Å². The van der Waals surface area contributed by atoms with E-state index < -0.39 is 11.9 Å². The molecule has 0 heterocycles. The predicted octanol–water partition coefficient (Wildman–Crippen LogP) is 5.85. The molecule has 0 atom stereocenters. The number of carboxylic acid groups (broad SMARTS) is 1. The van der Waals surface area contributed by atoms with Crippen molar-refractivity contribution in [2.75, 3.05) is 5.32 Å². The van der Waals surface area contributed by atoms with Gasteiger partial charge in [0.25, 0.3) is 0 Å². The Kier molecular flexibility index (Phi) is 6.11. The van der Waals surface area contributed by atoms with Crippen molar-refractivity contribution in [3.63, 3.8) is 0 Å². The van der Waals surface area contributed by atoms with Crippen LogP contribution in [-0.4, -0.2) is 11.2 Å². The molecule has 0 spiro atoms. The van der Waals surface area contributed by atoms with E-state index in [-0.39, 0.29) is 11.4 Å². The van der Waals surface area contributed by atoms with E-state index in [1.807, 2.05) is 49.4 Å². The highest BCUT2D eigenvalue weighted by molar-refractivity contribution is 5.82. The van der Waals surface area contributed by atoms with Gasteiger partial charge in [0, 0.05) is 11.8 Å². The van der Waals surface area contributed by atoms with Gasteiger partial charge in [-0.15, -0.1) is 0 Å². The molecule has 0 aliphatic heterocycles. The van der Waals surface area contributed by atoms with Crippen LogP contribution in [0.1, 0.15) is 18.1 Å². The van der Waals surface area contributed by atoms with Crippen molar-refractivity contribution in [1.29, 1.82) is 0 Å². The van der Waals surface area contributed by atoms with Crippen LogP contribution in [0, 0.1) is 5.82 Å². The van der Waals surface area contributed by atoms with E-state index in [9.17, 15) is 9.18 Å². The molecule has 3 aromatic carbocycles. The summed E-state index contributed by atoms with van der Waals surface area (Å²) in [5.41, 5.74) is 2.20. The normalized spacial score (nSPS) is 10.4. The van der Waals surface area contributed by atoms with Crippen molar-refractivity contribution in [3.8, 4) is 17.2 Å². The van der Waals surface area contributed by atoms with Crippen LogP contribution in [-0.2, 0) is 13.0 Å². The molecule has 0 bridgehead atoms. The monoisotopic (exact) mass is 381 g/mol. The number of nitrogens with one attached hydrogen (secondary N) is 1. The van der Waals surface area contributed by atoms with Crippen LogP contribution in [0.2, 0.25) is 0 Å². The van der Waals surface area contributed by atoms with Gasteiger partial charge in [-0.25, -0.2) is 9.18 Å². The van der Waals surface area contributed by atoms with Gasteiger partial charge < -0.3 is 14.6 Å². The molecule has 0 aromatic heterocycles. The summed E-state index contributed by atoms with van der Waals surface area (Å²) in [4.78, 5) is 10.7. The van der Waals surface area contributed by atoms with Crippen molar-refractivity contribution >= 4 is 11.8 Å². The van der Waals surface area contributed by atoms with Gasteiger partial charge in [-0.05, 0) is 41.8 Å². The lowest BCUT2D eigenvalue weighted by atomic mass is 10.1. The quantitative estimate of drug-likeness (QED) is 0.539. The number of aryl methyl sites for hydroxylation is 1. The first-order valence-corrected chi connectivity index (χ1v) is 8.82. The maximum absolute atomic E-state index is 14.3. The average molecular weight is 381 g/mol. The van der Waals surface area contributed by atoms with E-state index in [1.165, 1.54) is 12.1 Å². The van der Waals surface area contributed by atoms with Gasteiger partial charge in [-0.2, -0.15) is 0 Å². The molecule has 5 nitrogen and oxygen atoms in total. The molecule has 2 N–H and O–H groups in total. The molecular formula is C22H20FNO4. The average Bonchev–Trinajstić information content (AvgIpc) is 2.69. The van der Waals surface area contributed by atoms with Crippen molar-refractivity contribution in [1.82, 2.24) is 0 Å². The minimum Gasteiger partial charge on any atom is -0.485 e. The van der Waals surface area contributed by atoms with Crippen LogP contribution < -0.4 is 14.8 Å².